The summed E-state index contributed by atoms with van der Waals surface area (Å²) in [6.45, 7) is 2.91. The van der Waals surface area contributed by atoms with Crippen LogP contribution in [0.1, 0.15) is 60.3 Å². The van der Waals surface area contributed by atoms with Gasteiger partial charge in [0, 0.05) is 52.5 Å². The fraction of sp³-hybridized carbons (Fsp3) is 0.500. The van der Waals surface area contributed by atoms with Gasteiger partial charge in [0.15, 0.2) is 0 Å². The number of halogens is 3. The van der Waals surface area contributed by atoms with Crippen LogP contribution in [0.25, 0.3) is 0 Å². The summed E-state index contributed by atoms with van der Waals surface area (Å²) in [7, 11) is 0. The van der Waals surface area contributed by atoms with E-state index < -0.39 is 0 Å². The smallest absolute Gasteiger partial charge is 0.314 e. The normalized spacial score (nSPS) is 21.0. The van der Waals surface area contributed by atoms with Crippen LogP contribution in [-0.2, 0) is 17.6 Å². The zero-order valence-corrected chi connectivity index (χ0v) is 24.2. The number of carbonyl (C=O) groups is 2. The monoisotopic (exact) mass is 635 g/mol. The lowest BCUT2D eigenvalue weighted by Gasteiger charge is -2.38. The molecule has 2 saturated heterocycles. The standard InChI is InChI=1S/C28H32Br2ClN3O2/c29-21-3-4-23-19(14-21)1-2-20-15-22(31)16-24(30)27(20)26(23)18-7-11-33(12-8-18)25(35)13-17-5-9-34(10-6-17)28(32)36/h3-4,14-18,26H,1-2,5-13H2,(H2,32,36)/t26-/m0/s1. The number of benzene rings is 2. The Balaban J connectivity index is 1.31. The lowest BCUT2D eigenvalue weighted by molar-refractivity contribution is -0.134. The fourth-order valence-electron chi connectivity index (χ4n) is 6.42. The first-order valence-electron chi connectivity index (χ1n) is 12.9. The van der Waals surface area contributed by atoms with Crippen LogP contribution < -0.4 is 5.73 Å². The van der Waals surface area contributed by atoms with Crippen LogP contribution in [0, 0.1) is 11.8 Å². The van der Waals surface area contributed by atoms with Gasteiger partial charge in [0.05, 0.1) is 0 Å². The highest BCUT2D eigenvalue weighted by Gasteiger charge is 2.36. The zero-order valence-electron chi connectivity index (χ0n) is 20.3. The van der Waals surface area contributed by atoms with E-state index >= 15 is 0 Å². The van der Waals surface area contributed by atoms with Gasteiger partial charge in [-0.3, -0.25) is 4.79 Å². The second-order valence-electron chi connectivity index (χ2n) is 10.5. The Morgan fingerprint density at radius 1 is 0.917 bits per heavy atom. The first-order chi connectivity index (χ1) is 17.3. The first-order valence-corrected chi connectivity index (χ1v) is 14.8. The van der Waals surface area contributed by atoms with Crippen molar-refractivity contribution in [2.45, 2.75) is 50.9 Å². The third-order valence-electron chi connectivity index (χ3n) is 8.35. The maximum atomic E-state index is 13.1. The molecule has 0 saturated carbocycles. The molecule has 0 unspecified atom stereocenters. The van der Waals surface area contributed by atoms with Crippen LogP contribution in [0.2, 0.25) is 5.02 Å². The molecule has 2 fully saturated rings. The lowest BCUT2D eigenvalue weighted by atomic mass is 9.74. The van der Waals surface area contributed by atoms with Crippen molar-refractivity contribution in [3.8, 4) is 0 Å². The minimum absolute atomic E-state index is 0.254. The first kappa shape index (κ1) is 26.1. The summed E-state index contributed by atoms with van der Waals surface area (Å²) in [6.07, 6.45) is 6.22. The van der Waals surface area contributed by atoms with Gasteiger partial charge in [-0.15, -0.1) is 0 Å². The Hall–Kier alpha value is -1.57. The largest absolute Gasteiger partial charge is 0.351 e. The molecule has 5 nitrogen and oxygen atoms in total. The number of fused-ring (bicyclic) bond motifs is 2. The maximum absolute atomic E-state index is 13.1. The fourth-order valence-corrected chi connectivity index (χ4v) is 7.95. The Morgan fingerprint density at radius 3 is 2.28 bits per heavy atom. The molecular formula is C28H32Br2ClN3O2. The third kappa shape index (κ3) is 5.48. The van der Waals surface area contributed by atoms with Gasteiger partial charge in [0.1, 0.15) is 0 Å². The van der Waals surface area contributed by atoms with E-state index in [0.717, 1.165) is 65.6 Å². The Labute approximate surface area is 235 Å². The molecule has 0 radical (unpaired) electrons. The summed E-state index contributed by atoms with van der Waals surface area (Å²) in [5.74, 6) is 1.34. The number of likely N-dealkylation sites (tertiary alicyclic amines) is 2. The molecule has 0 bridgehead atoms. The van der Waals surface area contributed by atoms with Crippen LogP contribution in [0.4, 0.5) is 4.79 Å². The molecule has 192 valence electrons. The van der Waals surface area contributed by atoms with E-state index in [1.54, 1.807) is 4.90 Å². The molecule has 0 spiro atoms. The van der Waals surface area contributed by atoms with E-state index in [9.17, 15) is 9.59 Å². The van der Waals surface area contributed by atoms with Gasteiger partial charge >= 0.3 is 6.03 Å². The minimum atomic E-state index is -0.357. The van der Waals surface area contributed by atoms with Gasteiger partial charge in [-0.05, 0) is 96.9 Å². The summed E-state index contributed by atoms with van der Waals surface area (Å²) >= 11 is 14.0. The highest BCUT2D eigenvalue weighted by atomic mass is 79.9. The number of urea groups is 1. The Morgan fingerprint density at radius 2 is 1.58 bits per heavy atom. The van der Waals surface area contributed by atoms with Crippen molar-refractivity contribution in [1.29, 1.82) is 0 Å². The molecule has 5 rings (SSSR count). The Bertz CT molecular complexity index is 1160. The number of rotatable bonds is 3. The predicted octanol–water partition coefficient (Wildman–Crippen LogP) is 6.51. The highest BCUT2D eigenvalue weighted by molar-refractivity contribution is 9.10. The molecule has 0 aromatic heterocycles. The molecule has 2 N–H and O–H groups in total. The molecule has 3 aliphatic rings. The minimum Gasteiger partial charge on any atom is -0.351 e. The van der Waals surface area contributed by atoms with Gasteiger partial charge in [-0.2, -0.15) is 0 Å². The summed E-state index contributed by atoms with van der Waals surface area (Å²) in [6, 6.07) is 10.5. The molecule has 1 atom stereocenters. The molecule has 2 heterocycles. The number of hydrogen-bond donors (Lipinski definition) is 1. The van der Waals surface area contributed by atoms with Crippen LogP contribution in [0.15, 0.2) is 39.3 Å². The second-order valence-corrected chi connectivity index (χ2v) is 12.7. The van der Waals surface area contributed by atoms with Gasteiger partial charge in [-0.25, -0.2) is 4.79 Å². The summed E-state index contributed by atoms with van der Waals surface area (Å²) in [5.41, 5.74) is 10.9. The average molecular weight is 638 g/mol. The van der Waals surface area contributed by atoms with Crippen molar-refractivity contribution in [1.82, 2.24) is 9.80 Å². The van der Waals surface area contributed by atoms with Crippen LogP contribution in [0.3, 0.4) is 0 Å². The Kier molecular flexibility index (Phi) is 7.99. The number of aryl methyl sites for hydroxylation is 2. The van der Waals surface area contributed by atoms with Crippen molar-refractivity contribution in [3.63, 3.8) is 0 Å². The number of carbonyl (C=O) groups excluding carboxylic acids is 2. The maximum Gasteiger partial charge on any atom is 0.314 e. The number of nitrogens with zero attached hydrogens (tertiary/aromatic N) is 2. The van der Waals surface area contributed by atoms with Gasteiger partial charge in [0.2, 0.25) is 5.91 Å². The number of primary amides is 1. The van der Waals surface area contributed by atoms with E-state index in [1.165, 1.54) is 22.3 Å². The summed E-state index contributed by atoms with van der Waals surface area (Å²) in [5, 5.41) is 0.772. The quantitative estimate of drug-likeness (QED) is 0.417. The topological polar surface area (TPSA) is 66.6 Å². The van der Waals surface area contributed by atoms with Gasteiger partial charge in [-0.1, -0.05) is 49.5 Å². The number of nitrogens with two attached hydrogens (primary N) is 1. The summed E-state index contributed by atoms with van der Waals surface area (Å²) in [4.78, 5) is 28.3. The van der Waals surface area contributed by atoms with E-state index in [4.69, 9.17) is 17.3 Å². The second kappa shape index (κ2) is 11.0. The number of piperidine rings is 2. The van der Waals surface area contributed by atoms with Crippen LogP contribution >= 0.6 is 43.5 Å². The molecule has 8 heteroatoms. The molecule has 2 aromatic carbocycles. The molecule has 1 aliphatic carbocycles. The van der Waals surface area contributed by atoms with E-state index in [2.05, 4.69) is 61.0 Å². The van der Waals surface area contributed by atoms with Crippen LogP contribution in [0.5, 0.6) is 0 Å². The van der Waals surface area contributed by atoms with E-state index in [1.807, 2.05) is 6.07 Å². The zero-order chi connectivity index (χ0) is 25.4. The molecule has 3 amide bonds. The molecule has 36 heavy (non-hydrogen) atoms. The summed E-state index contributed by atoms with van der Waals surface area (Å²) < 4.78 is 2.21. The van der Waals surface area contributed by atoms with E-state index in [-0.39, 0.29) is 17.9 Å². The lowest BCUT2D eigenvalue weighted by Crippen LogP contribution is -2.44. The van der Waals surface area contributed by atoms with Crippen molar-refractivity contribution >= 4 is 55.4 Å². The molecule has 2 aromatic rings. The third-order valence-corrected chi connectivity index (χ3v) is 9.72. The molecular weight excluding hydrogens is 606 g/mol. The van der Waals surface area contributed by atoms with E-state index in [0.29, 0.717) is 31.3 Å². The van der Waals surface area contributed by atoms with Gasteiger partial charge in [0.25, 0.3) is 0 Å². The highest BCUT2D eigenvalue weighted by Crippen LogP contribution is 2.47. The van der Waals surface area contributed by atoms with Gasteiger partial charge < -0.3 is 15.5 Å². The average Bonchev–Trinajstić information content (AvgIpc) is 3.01. The number of amides is 3. The number of hydrogen-bond acceptors (Lipinski definition) is 2. The van der Waals surface area contributed by atoms with Crippen molar-refractivity contribution < 1.29 is 9.59 Å². The molecule has 2 aliphatic heterocycles. The van der Waals surface area contributed by atoms with Crippen molar-refractivity contribution in [2.75, 3.05) is 26.2 Å². The SMILES string of the molecule is NC(=O)N1CCC(CC(=O)N2CCC([C@H]3c4ccc(Br)cc4CCc4cc(Cl)cc(Br)c43)CC2)CC1. The van der Waals surface area contributed by atoms with Crippen LogP contribution in [-0.4, -0.2) is 47.9 Å². The van der Waals surface area contributed by atoms with Crippen molar-refractivity contribution in [2.24, 2.45) is 17.6 Å². The van der Waals surface area contributed by atoms with Crippen molar-refractivity contribution in [3.05, 3.63) is 66.6 Å². The predicted molar refractivity (Wildman–Crippen MR) is 150 cm³/mol.